The smallest absolute Gasteiger partial charge is 0.180 e. The minimum Gasteiger partial charge on any atom is -0.366 e. The molecule has 0 aliphatic carbocycles. The van der Waals surface area contributed by atoms with Gasteiger partial charge in [0, 0.05) is 18.5 Å². The molecule has 0 N–H and O–H groups in total. The highest BCUT2D eigenvalue weighted by Crippen LogP contribution is 2.32. The summed E-state index contributed by atoms with van der Waals surface area (Å²) in [5.74, 6) is 0.671. The summed E-state index contributed by atoms with van der Waals surface area (Å²) in [4.78, 5) is 2.57. The highest BCUT2D eigenvalue weighted by molar-refractivity contribution is 7.91. The first-order valence-electron chi connectivity index (χ1n) is 6.24. The highest BCUT2D eigenvalue weighted by atomic mass is 35.5. The summed E-state index contributed by atoms with van der Waals surface area (Å²) in [6.45, 7) is 2.56. The van der Waals surface area contributed by atoms with Crippen LogP contribution in [-0.2, 0) is 9.84 Å². The zero-order valence-electron chi connectivity index (χ0n) is 10.5. The van der Waals surface area contributed by atoms with Gasteiger partial charge in [0.2, 0.25) is 0 Å². The number of hydrogen-bond acceptors (Lipinski definition) is 3. The summed E-state index contributed by atoms with van der Waals surface area (Å²) in [6.07, 6.45) is 2.10. The van der Waals surface area contributed by atoms with Crippen LogP contribution in [-0.4, -0.2) is 32.6 Å². The standard InChI is InChI=1S/C13H18ClNO2S/c1-2-18(16,17)13-8-4-3-7-12(13)15-9-5-6-11(15)10-14/h3-4,7-8,11H,2,5-6,9-10H2,1H3. The lowest BCUT2D eigenvalue weighted by Crippen LogP contribution is -2.31. The number of alkyl halides is 1. The minimum atomic E-state index is -3.18. The molecule has 18 heavy (non-hydrogen) atoms. The Morgan fingerprint density at radius 1 is 1.39 bits per heavy atom. The summed E-state index contributed by atoms with van der Waals surface area (Å²) in [5.41, 5.74) is 0.808. The number of sulfone groups is 1. The number of rotatable bonds is 4. The Hall–Kier alpha value is -0.740. The topological polar surface area (TPSA) is 37.4 Å². The molecular weight excluding hydrogens is 270 g/mol. The number of para-hydroxylation sites is 1. The van der Waals surface area contributed by atoms with Crippen LogP contribution in [0, 0.1) is 0 Å². The van der Waals surface area contributed by atoms with Gasteiger partial charge in [0.25, 0.3) is 0 Å². The summed E-state index contributed by atoms with van der Waals surface area (Å²) in [6, 6.07) is 7.48. The van der Waals surface area contributed by atoms with E-state index in [0.717, 1.165) is 25.1 Å². The molecule has 1 aromatic carbocycles. The quantitative estimate of drug-likeness (QED) is 0.799. The van der Waals surface area contributed by atoms with Crippen LogP contribution in [0.1, 0.15) is 19.8 Å². The fraction of sp³-hybridized carbons (Fsp3) is 0.538. The molecule has 0 spiro atoms. The number of halogens is 1. The second-order valence-corrected chi connectivity index (χ2v) is 7.07. The van der Waals surface area contributed by atoms with E-state index < -0.39 is 9.84 Å². The van der Waals surface area contributed by atoms with Crippen LogP contribution in [0.3, 0.4) is 0 Å². The Balaban J connectivity index is 2.45. The second-order valence-electron chi connectivity index (χ2n) is 4.51. The molecule has 1 heterocycles. The molecule has 1 unspecified atom stereocenters. The molecule has 0 saturated carbocycles. The summed E-state index contributed by atoms with van der Waals surface area (Å²) >= 11 is 5.96. The van der Waals surface area contributed by atoms with Crippen molar-refractivity contribution in [1.82, 2.24) is 0 Å². The molecule has 1 fully saturated rings. The van der Waals surface area contributed by atoms with Crippen molar-refractivity contribution in [3.8, 4) is 0 Å². The van der Waals surface area contributed by atoms with Gasteiger partial charge in [0.15, 0.2) is 9.84 Å². The molecule has 0 bridgehead atoms. The maximum Gasteiger partial charge on any atom is 0.180 e. The van der Waals surface area contributed by atoms with Gasteiger partial charge in [-0.15, -0.1) is 11.6 Å². The highest BCUT2D eigenvalue weighted by Gasteiger charge is 2.28. The predicted octanol–water partition coefficient (Wildman–Crippen LogP) is 2.69. The van der Waals surface area contributed by atoms with E-state index in [9.17, 15) is 8.42 Å². The van der Waals surface area contributed by atoms with Gasteiger partial charge < -0.3 is 4.90 Å². The van der Waals surface area contributed by atoms with Crippen LogP contribution in [0.15, 0.2) is 29.2 Å². The molecule has 5 heteroatoms. The van der Waals surface area contributed by atoms with E-state index >= 15 is 0 Å². The third-order valence-corrected chi connectivity index (χ3v) is 5.58. The second kappa shape index (κ2) is 5.49. The Kier molecular flexibility index (Phi) is 4.17. The van der Waals surface area contributed by atoms with Crippen molar-refractivity contribution in [3.63, 3.8) is 0 Å². The van der Waals surface area contributed by atoms with Crippen LogP contribution in [0.4, 0.5) is 5.69 Å². The van der Waals surface area contributed by atoms with Gasteiger partial charge in [-0.05, 0) is 25.0 Å². The largest absolute Gasteiger partial charge is 0.366 e. The lowest BCUT2D eigenvalue weighted by molar-refractivity contribution is 0.596. The van der Waals surface area contributed by atoms with Crippen molar-refractivity contribution in [2.75, 3.05) is 23.1 Å². The van der Waals surface area contributed by atoms with Crippen molar-refractivity contribution in [2.45, 2.75) is 30.7 Å². The van der Waals surface area contributed by atoms with E-state index in [4.69, 9.17) is 11.6 Å². The van der Waals surface area contributed by atoms with E-state index in [1.54, 1.807) is 19.1 Å². The number of nitrogens with zero attached hydrogens (tertiary/aromatic N) is 1. The van der Waals surface area contributed by atoms with Crippen LogP contribution in [0.25, 0.3) is 0 Å². The number of hydrogen-bond donors (Lipinski definition) is 0. The maximum absolute atomic E-state index is 12.1. The van der Waals surface area contributed by atoms with E-state index in [1.807, 2.05) is 12.1 Å². The Labute approximate surface area is 114 Å². The number of anilines is 1. The van der Waals surface area contributed by atoms with Crippen molar-refractivity contribution < 1.29 is 8.42 Å². The SMILES string of the molecule is CCS(=O)(=O)c1ccccc1N1CCCC1CCl. The Morgan fingerprint density at radius 3 is 2.78 bits per heavy atom. The summed E-state index contributed by atoms with van der Waals surface area (Å²) in [7, 11) is -3.18. The molecule has 3 nitrogen and oxygen atoms in total. The molecular formula is C13H18ClNO2S. The average molecular weight is 288 g/mol. The fourth-order valence-corrected chi connectivity index (χ4v) is 3.85. The van der Waals surface area contributed by atoms with Gasteiger partial charge in [0.1, 0.15) is 0 Å². The number of benzene rings is 1. The van der Waals surface area contributed by atoms with Gasteiger partial charge in [-0.25, -0.2) is 8.42 Å². The summed E-state index contributed by atoms with van der Waals surface area (Å²) < 4.78 is 24.2. The lowest BCUT2D eigenvalue weighted by Gasteiger charge is -2.27. The zero-order valence-corrected chi connectivity index (χ0v) is 12.0. The van der Waals surface area contributed by atoms with Gasteiger partial charge in [-0.3, -0.25) is 0 Å². The van der Waals surface area contributed by atoms with E-state index in [1.165, 1.54) is 0 Å². The van der Waals surface area contributed by atoms with Crippen LogP contribution < -0.4 is 4.90 Å². The molecule has 2 rings (SSSR count). The first kappa shape index (κ1) is 13.7. The maximum atomic E-state index is 12.1. The van der Waals surface area contributed by atoms with Gasteiger partial charge >= 0.3 is 0 Å². The first-order valence-corrected chi connectivity index (χ1v) is 8.43. The average Bonchev–Trinajstić information content (AvgIpc) is 2.87. The predicted molar refractivity (Wildman–Crippen MR) is 75.3 cm³/mol. The van der Waals surface area contributed by atoms with Crippen molar-refractivity contribution >= 4 is 27.1 Å². The van der Waals surface area contributed by atoms with E-state index in [2.05, 4.69) is 4.90 Å². The van der Waals surface area contributed by atoms with E-state index in [0.29, 0.717) is 10.8 Å². The van der Waals surface area contributed by atoms with E-state index in [-0.39, 0.29) is 11.8 Å². The lowest BCUT2D eigenvalue weighted by atomic mass is 10.2. The molecule has 0 amide bonds. The van der Waals surface area contributed by atoms with Crippen LogP contribution >= 0.6 is 11.6 Å². The Morgan fingerprint density at radius 2 is 2.11 bits per heavy atom. The van der Waals surface area contributed by atoms with Crippen LogP contribution in [0.2, 0.25) is 0 Å². The normalized spacial score (nSPS) is 20.3. The van der Waals surface area contributed by atoms with Gasteiger partial charge in [0.05, 0.1) is 16.3 Å². The van der Waals surface area contributed by atoms with Crippen LogP contribution in [0.5, 0.6) is 0 Å². The molecule has 1 saturated heterocycles. The third kappa shape index (κ3) is 2.50. The first-order chi connectivity index (χ1) is 8.60. The molecule has 1 aliphatic heterocycles. The zero-order chi connectivity index (χ0) is 13.2. The summed E-state index contributed by atoms with van der Waals surface area (Å²) in [5, 5.41) is 0. The van der Waals surface area contributed by atoms with Crippen molar-refractivity contribution in [3.05, 3.63) is 24.3 Å². The molecule has 0 radical (unpaired) electrons. The molecule has 0 aromatic heterocycles. The van der Waals surface area contributed by atoms with Crippen molar-refractivity contribution in [1.29, 1.82) is 0 Å². The molecule has 1 aliphatic rings. The van der Waals surface area contributed by atoms with Gasteiger partial charge in [-0.2, -0.15) is 0 Å². The third-order valence-electron chi connectivity index (χ3n) is 3.45. The fourth-order valence-electron chi connectivity index (χ4n) is 2.43. The minimum absolute atomic E-state index is 0.128. The monoisotopic (exact) mass is 287 g/mol. The van der Waals surface area contributed by atoms with Gasteiger partial charge in [-0.1, -0.05) is 19.1 Å². The Bertz CT molecular complexity index is 515. The molecule has 1 aromatic rings. The molecule has 100 valence electrons. The molecule has 1 atom stereocenters. The van der Waals surface area contributed by atoms with Crippen molar-refractivity contribution in [2.24, 2.45) is 0 Å².